The van der Waals surface area contributed by atoms with Crippen molar-refractivity contribution in [2.45, 2.75) is 38.3 Å². The molecule has 2 aliphatic heterocycles. The molecule has 0 unspecified atom stereocenters. The van der Waals surface area contributed by atoms with Crippen molar-refractivity contribution in [2.24, 2.45) is 0 Å². The number of nitrogens with one attached hydrogen (secondary N) is 1. The van der Waals surface area contributed by atoms with Crippen molar-refractivity contribution in [3.63, 3.8) is 0 Å². The molecule has 148 valence electrons. The highest BCUT2D eigenvalue weighted by molar-refractivity contribution is 5.97. The number of fused-ring (bicyclic) bond motifs is 4. The first-order valence-corrected chi connectivity index (χ1v) is 10.4. The van der Waals surface area contributed by atoms with Crippen LogP contribution in [0, 0.1) is 0 Å². The maximum Gasteiger partial charge on any atom is 0.246 e. The van der Waals surface area contributed by atoms with E-state index in [9.17, 15) is 9.59 Å². The second kappa shape index (κ2) is 7.07. The second-order valence-corrected chi connectivity index (χ2v) is 8.01. The zero-order chi connectivity index (χ0) is 20.0. The number of nitrogens with zero attached hydrogens (tertiary/aromatic N) is 2. The van der Waals surface area contributed by atoms with Crippen LogP contribution >= 0.6 is 0 Å². The number of rotatable bonds is 4. The lowest BCUT2D eigenvalue weighted by Gasteiger charge is -2.47. The molecular formula is C24H25N3O2. The van der Waals surface area contributed by atoms with E-state index < -0.39 is 6.04 Å². The number of carbonyl (C=O) groups excluding carboxylic acids is 2. The number of carbonyl (C=O) groups is 2. The number of benzene rings is 2. The minimum absolute atomic E-state index is 0.0314. The summed E-state index contributed by atoms with van der Waals surface area (Å²) in [7, 11) is 0. The van der Waals surface area contributed by atoms with Gasteiger partial charge in [-0.25, -0.2) is 0 Å². The predicted octanol–water partition coefficient (Wildman–Crippen LogP) is 3.65. The molecule has 2 aliphatic rings. The Morgan fingerprint density at radius 3 is 2.59 bits per heavy atom. The summed E-state index contributed by atoms with van der Waals surface area (Å²) in [4.78, 5) is 33.8. The lowest BCUT2D eigenvalue weighted by atomic mass is 9.86. The Morgan fingerprint density at radius 2 is 1.79 bits per heavy atom. The summed E-state index contributed by atoms with van der Waals surface area (Å²) in [5, 5.41) is 1.15. The Balaban J connectivity index is 1.66. The summed E-state index contributed by atoms with van der Waals surface area (Å²) in [6.07, 6.45) is 2.49. The number of hydrogen-bond donors (Lipinski definition) is 1. The van der Waals surface area contributed by atoms with Crippen LogP contribution in [0.4, 0.5) is 0 Å². The highest BCUT2D eigenvalue weighted by Gasteiger charge is 2.47. The van der Waals surface area contributed by atoms with Crippen molar-refractivity contribution in [3.05, 3.63) is 71.4 Å². The SMILES string of the molecule is CCCCN1CC(=O)N2[C@@H](c3ccccc3)c3[nH]c4ccccc4c3C[C@@H]2C1=O. The molecule has 1 N–H and O–H groups in total. The number of H-pyrrole nitrogens is 1. The molecule has 5 rings (SSSR count). The molecule has 3 aromatic rings. The quantitative estimate of drug-likeness (QED) is 0.743. The number of aromatic amines is 1. The average Bonchev–Trinajstić information content (AvgIpc) is 3.13. The number of unbranched alkanes of at least 4 members (excludes halogenated alkanes) is 1. The Morgan fingerprint density at radius 1 is 1.03 bits per heavy atom. The van der Waals surface area contributed by atoms with Crippen molar-refractivity contribution < 1.29 is 9.59 Å². The highest BCUT2D eigenvalue weighted by Crippen LogP contribution is 2.42. The molecule has 1 fully saturated rings. The van der Waals surface area contributed by atoms with Crippen LogP contribution in [0.25, 0.3) is 10.9 Å². The molecule has 2 atom stereocenters. The van der Waals surface area contributed by atoms with Gasteiger partial charge in [0.05, 0.1) is 12.6 Å². The van der Waals surface area contributed by atoms with Crippen molar-refractivity contribution in [1.29, 1.82) is 0 Å². The topological polar surface area (TPSA) is 56.4 Å². The maximum absolute atomic E-state index is 13.4. The van der Waals surface area contributed by atoms with Gasteiger partial charge in [-0.3, -0.25) is 9.59 Å². The van der Waals surface area contributed by atoms with Crippen LogP contribution in [0.5, 0.6) is 0 Å². The van der Waals surface area contributed by atoms with Gasteiger partial charge in [0.1, 0.15) is 6.04 Å². The maximum atomic E-state index is 13.4. The zero-order valence-electron chi connectivity index (χ0n) is 16.6. The number of aromatic nitrogens is 1. The minimum atomic E-state index is -0.440. The molecule has 0 radical (unpaired) electrons. The molecule has 3 heterocycles. The number of amides is 2. The molecule has 29 heavy (non-hydrogen) atoms. The average molecular weight is 387 g/mol. The van der Waals surface area contributed by atoms with Gasteiger partial charge in [0.15, 0.2) is 0 Å². The summed E-state index contributed by atoms with van der Waals surface area (Å²) in [6, 6.07) is 17.6. The van der Waals surface area contributed by atoms with E-state index >= 15 is 0 Å². The van der Waals surface area contributed by atoms with E-state index in [4.69, 9.17) is 0 Å². The van der Waals surface area contributed by atoms with Crippen molar-refractivity contribution in [1.82, 2.24) is 14.8 Å². The van der Waals surface area contributed by atoms with E-state index in [0.29, 0.717) is 13.0 Å². The zero-order valence-corrected chi connectivity index (χ0v) is 16.6. The molecule has 2 aromatic carbocycles. The molecule has 0 saturated carbocycles. The Kier molecular flexibility index (Phi) is 4.38. The van der Waals surface area contributed by atoms with E-state index in [1.165, 1.54) is 0 Å². The highest BCUT2D eigenvalue weighted by atomic mass is 16.2. The fourth-order valence-corrected chi connectivity index (χ4v) is 4.84. The second-order valence-electron chi connectivity index (χ2n) is 8.01. The van der Waals surface area contributed by atoms with Gasteiger partial charge < -0.3 is 14.8 Å². The lowest BCUT2D eigenvalue weighted by molar-refractivity contribution is -0.158. The summed E-state index contributed by atoms with van der Waals surface area (Å²) in [6.45, 7) is 2.93. The Bertz CT molecular complexity index is 1070. The fraction of sp³-hybridized carbons (Fsp3) is 0.333. The van der Waals surface area contributed by atoms with Crippen molar-refractivity contribution in [3.8, 4) is 0 Å². The molecule has 0 bridgehead atoms. The molecule has 1 saturated heterocycles. The van der Waals surface area contributed by atoms with Gasteiger partial charge in [0.25, 0.3) is 0 Å². The normalized spacial score (nSPS) is 21.4. The summed E-state index contributed by atoms with van der Waals surface area (Å²) in [5.74, 6) is 0.110. The van der Waals surface area contributed by atoms with Gasteiger partial charge in [-0.05, 0) is 23.6 Å². The predicted molar refractivity (Wildman–Crippen MR) is 112 cm³/mol. The standard InChI is InChI=1S/C24H25N3O2/c1-2-3-13-26-15-21(28)27-20(24(26)29)14-18-17-11-7-8-12-19(17)25-22(18)23(27)16-9-5-4-6-10-16/h4-12,20,23,25H,2-3,13-15H2,1H3/t20-,23+/m1/s1. The number of piperazine rings is 1. The summed E-state index contributed by atoms with van der Waals surface area (Å²) >= 11 is 0. The first kappa shape index (κ1) is 18.0. The van der Waals surface area contributed by atoms with Gasteiger partial charge in [0, 0.05) is 29.6 Å². The van der Waals surface area contributed by atoms with E-state index in [1.807, 2.05) is 47.4 Å². The van der Waals surface area contributed by atoms with E-state index in [1.54, 1.807) is 4.90 Å². The molecule has 0 aliphatic carbocycles. The van der Waals surface area contributed by atoms with Gasteiger partial charge in [-0.2, -0.15) is 0 Å². The third-order valence-corrected chi connectivity index (χ3v) is 6.24. The summed E-state index contributed by atoms with van der Waals surface area (Å²) < 4.78 is 0. The smallest absolute Gasteiger partial charge is 0.246 e. The van der Waals surface area contributed by atoms with E-state index in [-0.39, 0.29) is 24.4 Å². The molecule has 2 amide bonds. The van der Waals surface area contributed by atoms with Crippen LogP contribution in [-0.4, -0.2) is 45.7 Å². The van der Waals surface area contributed by atoms with Crippen LogP contribution in [0.1, 0.15) is 42.6 Å². The first-order valence-electron chi connectivity index (χ1n) is 10.4. The largest absolute Gasteiger partial charge is 0.356 e. The van der Waals surface area contributed by atoms with Crippen LogP contribution < -0.4 is 0 Å². The van der Waals surface area contributed by atoms with Crippen LogP contribution in [0.2, 0.25) is 0 Å². The molecular weight excluding hydrogens is 362 g/mol. The Labute approximate surface area is 170 Å². The lowest BCUT2D eigenvalue weighted by Crippen LogP contribution is -2.63. The van der Waals surface area contributed by atoms with Crippen molar-refractivity contribution in [2.75, 3.05) is 13.1 Å². The third-order valence-electron chi connectivity index (χ3n) is 6.24. The molecule has 0 spiro atoms. The Hall–Kier alpha value is -3.08. The molecule has 1 aromatic heterocycles. The van der Waals surface area contributed by atoms with Crippen LogP contribution in [-0.2, 0) is 16.0 Å². The fourth-order valence-electron chi connectivity index (χ4n) is 4.84. The van der Waals surface area contributed by atoms with Gasteiger partial charge >= 0.3 is 0 Å². The van der Waals surface area contributed by atoms with E-state index in [2.05, 4.69) is 24.0 Å². The van der Waals surface area contributed by atoms with Gasteiger partial charge in [0.2, 0.25) is 11.8 Å². The molecule has 5 heteroatoms. The monoisotopic (exact) mass is 387 g/mol. The summed E-state index contributed by atoms with van der Waals surface area (Å²) in [5.41, 5.74) is 4.29. The van der Waals surface area contributed by atoms with Gasteiger partial charge in [-0.15, -0.1) is 0 Å². The van der Waals surface area contributed by atoms with Crippen LogP contribution in [0.15, 0.2) is 54.6 Å². The van der Waals surface area contributed by atoms with E-state index in [0.717, 1.165) is 40.6 Å². The number of hydrogen-bond acceptors (Lipinski definition) is 2. The third kappa shape index (κ3) is 2.84. The van der Waals surface area contributed by atoms with Gasteiger partial charge in [-0.1, -0.05) is 61.9 Å². The minimum Gasteiger partial charge on any atom is -0.356 e. The first-order chi connectivity index (χ1) is 14.2. The molecule has 5 nitrogen and oxygen atoms in total. The number of para-hydroxylation sites is 1. The van der Waals surface area contributed by atoms with Crippen molar-refractivity contribution >= 4 is 22.7 Å². The van der Waals surface area contributed by atoms with Crippen LogP contribution in [0.3, 0.4) is 0 Å².